The van der Waals surface area contributed by atoms with Crippen molar-refractivity contribution >= 4 is 5.97 Å². The maximum atomic E-state index is 11.7. The van der Waals surface area contributed by atoms with Crippen LogP contribution in [0.2, 0.25) is 0 Å². The smallest absolute Gasteiger partial charge is 0.336 e. The van der Waals surface area contributed by atoms with Crippen LogP contribution in [0.3, 0.4) is 0 Å². The van der Waals surface area contributed by atoms with Crippen molar-refractivity contribution in [1.82, 2.24) is 0 Å². The molecule has 0 N–H and O–H groups in total. The van der Waals surface area contributed by atoms with Crippen molar-refractivity contribution in [3.05, 3.63) is 47.5 Å². The van der Waals surface area contributed by atoms with Gasteiger partial charge in [0.1, 0.15) is 0 Å². The number of hydrogen-bond acceptors (Lipinski definition) is 3. The van der Waals surface area contributed by atoms with Crippen LogP contribution in [0.5, 0.6) is 0 Å². The minimum atomic E-state index is -1.04. The van der Waals surface area contributed by atoms with Gasteiger partial charge in [-0.15, -0.1) is 0 Å². The largest absolute Gasteiger partial charge is 0.421 e. The Morgan fingerprint density at radius 1 is 1.29 bits per heavy atom. The highest BCUT2D eigenvalue weighted by Gasteiger charge is 2.41. The molecule has 0 bridgehead atoms. The summed E-state index contributed by atoms with van der Waals surface area (Å²) >= 11 is 0. The van der Waals surface area contributed by atoms with Crippen molar-refractivity contribution in [2.45, 2.75) is 25.6 Å². The molecule has 0 saturated heterocycles. The van der Waals surface area contributed by atoms with Gasteiger partial charge in [-0.1, -0.05) is 43.7 Å². The van der Waals surface area contributed by atoms with E-state index in [0.717, 1.165) is 18.4 Å². The molecule has 1 atom stereocenters. The van der Waals surface area contributed by atoms with Gasteiger partial charge in [0, 0.05) is 24.3 Å². The van der Waals surface area contributed by atoms with E-state index < -0.39 is 5.79 Å². The van der Waals surface area contributed by atoms with Crippen LogP contribution in [0.4, 0.5) is 0 Å². The van der Waals surface area contributed by atoms with Crippen molar-refractivity contribution < 1.29 is 14.3 Å². The van der Waals surface area contributed by atoms with Crippen LogP contribution in [0.25, 0.3) is 0 Å². The summed E-state index contributed by atoms with van der Waals surface area (Å²) in [6, 6.07) is 9.50. The molecule has 1 aliphatic rings. The summed E-state index contributed by atoms with van der Waals surface area (Å²) < 4.78 is 10.8. The number of methoxy groups -OCH3 is 1. The Morgan fingerprint density at radius 3 is 2.59 bits per heavy atom. The first-order valence-corrected chi connectivity index (χ1v) is 5.77. The number of rotatable bonds is 4. The third kappa shape index (κ3) is 2.11. The van der Waals surface area contributed by atoms with Crippen LogP contribution in [0, 0.1) is 0 Å². The van der Waals surface area contributed by atoms with E-state index in [9.17, 15) is 4.79 Å². The van der Waals surface area contributed by atoms with Gasteiger partial charge in [0.15, 0.2) is 0 Å². The Bertz CT molecular complexity index is 436. The van der Waals surface area contributed by atoms with E-state index in [1.54, 1.807) is 13.2 Å². The van der Waals surface area contributed by atoms with E-state index >= 15 is 0 Å². The minimum Gasteiger partial charge on any atom is -0.421 e. The summed E-state index contributed by atoms with van der Waals surface area (Å²) in [4.78, 5) is 11.7. The molecule has 0 spiro atoms. The lowest BCUT2D eigenvalue weighted by atomic mass is 10.0. The Balaban J connectivity index is 2.38. The fraction of sp³-hybridized carbons (Fsp3) is 0.357. The van der Waals surface area contributed by atoms with Gasteiger partial charge in [-0.3, -0.25) is 0 Å². The number of ether oxygens (including phenoxy) is 2. The second-order valence-electron chi connectivity index (χ2n) is 4.05. The molecule has 0 aliphatic carbocycles. The van der Waals surface area contributed by atoms with Gasteiger partial charge in [0.25, 0.3) is 5.79 Å². The average molecular weight is 232 g/mol. The molecular formula is C14H16O3. The van der Waals surface area contributed by atoms with Crippen LogP contribution in [0.1, 0.15) is 25.3 Å². The summed E-state index contributed by atoms with van der Waals surface area (Å²) in [5.41, 5.74) is 1.53. The van der Waals surface area contributed by atoms with E-state index in [1.807, 2.05) is 37.3 Å². The van der Waals surface area contributed by atoms with Gasteiger partial charge in [-0.05, 0) is 6.42 Å². The molecule has 0 amide bonds. The molecule has 0 saturated carbocycles. The predicted octanol–water partition coefficient (Wildman–Crippen LogP) is 2.77. The number of cyclic esters (lactones) is 1. The highest BCUT2D eigenvalue weighted by atomic mass is 16.7. The molecule has 1 aliphatic heterocycles. The first kappa shape index (κ1) is 11.9. The Kier molecular flexibility index (Phi) is 3.29. The van der Waals surface area contributed by atoms with Gasteiger partial charge in [-0.25, -0.2) is 4.79 Å². The zero-order valence-electron chi connectivity index (χ0n) is 10.1. The summed E-state index contributed by atoms with van der Waals surface area (Å²) in [5, 5.41) is 0. The first-order chi connectivity index (χ1) is 8.22. The topological polar surface area (TPSA) is 35.5 Å². The van der Waals surface area contributed by atoms with Crippen LogP contribution in [-0.4, -0.2) is 13.1 Å². The molecule has 0 radical (unpaired) electrons. The maximum absolute atomic E-state index is 11.7. The van der Waals surface area contributed by atoms with Gasteiger partial charge in [-0.2, -0.15) is 0 Å². The molecule has 1 heterocycles. The zero-order chi connectivity index (χ0) is 12.3. The van der Waals surface area contributed by atoms with Crippen LogP contribution in [0.15, 0.2) is 42.0 Å². The van der Waals surface area contributed by atoms with Crippen molar-refractivity contribution in [2.75, 3.05) is 7.11 Å². The van der Waals surface area contributed by atoms with Gasteiger partial charge in [0.2, 0.25) is 0 Å². The zero-order valence-corrected chi connectivity index (χ0v) is 10.1. The second kappa shape index (κ2) is 4.72. The fourth-order valence-electron chi connectivity index (χ4n) is 2.00. The third-order valence-corrected chi connectivity index (χ3v) is 2.87. The average Bonchev–Trinajstić information content (AvgIpc) is 2.69. The molecule has 3 nitrogen and oxygen atoms in total. The minimum absolute atomic E-state index is 0.280. The first-order valence-electron chi connectivity index (χ1n) is 5.77. The Morgan fingerprint density at radius 2 is 2.00 bits per heavy atom. The Labute approximate surface area is 101 Å². The van der Waals surface area contributed by atoms with E-state index in [1.165, 1.54) is 0 Å². The van der Waals surface area contributed by atoms with Crippen molar-refractivity contribution in [3.63, 3.8) is 0 Å². The standard InChI is InChI=1S/C14H16O3/c1-3-7-11-10-14(16-2,17-13(11)15)12-8-5-4-6-9-12/h4-6,8-10H,3,7H2,1-2H3. The highest BCUT2D eigenvalue weighted by molar-refractivity contribution is 5.91. The summed E-state index contributed by atoms with van der Waals surface area (Å²) in [7, 11) is 1.55. The van der Waals surface area contributed by atoms with Crippen molar-refractivity contribution in [3.8, 4) is 0 Å². The molecule has 1 unspecified atom stereocenters. The van der Waals surface area contributed by atoms with Gasteiger partial charge >= 0.3 is 5.97 Å². The number of esters is 1. The summed E-state index contributed by atoms with van der Waals surface area (Å²) in [6.07, 6.45) is 3.42. The lowest BCUT2D eigenvalue weighted by molar-refractivity contribution is -0.193. The van der Waals surface area contributed by atoms with E-state index in [2.05, 4.69) is 0 Å². The lowest BCUT2D eigenvalue weighted by Crippen LogP contribution is -2.27. The number of hydrogen-bond donors (Lipinski definition) is 0. The monoisotopic (exact) mass is 232 g/mol. The normalized spacial score (nSPS) is 23.4. The SMILES string of the molecule is CCCC1=CC(OC)(c2ccccc2)OC1=O. The third-order valence-electron chi connectivity index (χ3n) is 2.87. The van der Waals surface area contributed by atoms with Crippen LogP contribution < -0.4 is 0 Å². The second-order valence-corrected chi connectivity index (χ2v) is 4.05. The molecule has 90 valence electrons. The maximum Gasteiger partial charge on any atom is 0.336 e. The van der Waals surface area contributed by atoms with Gasteiger partial charge in [0.05, 0.1) is 0 Å². The number of carbonyl (C=O) groups is 1. The summed E-state index contributed by atoms with van der Waals surface area (Å²) in [5.74, 6) is -1.32. The molecule has 0 aromatic heterocycles. The molecule has 0 fully saturated rings. The van der Waals surface area contributed by atoms with E-state index in [-0.39, 0.29) is 5.97 Å². The molecule has 17 heavy (non-hydrogen) atoms. The fourth-order valence-corrected chi connectivity index (χ4v) is 2.00. The molecule has 1 aromatic rings. The predicted molar refractivity (Wildman–Crippen MR) is 64.2 cm³/mol. The molecule has 1 aromatic carbocycles. The van der Waals surface area contributed by atoms with Crippen LogP contribution >= 0.6 is 0 Å². The van der Waals surface area contributed by atoms with E-state index in [0.29, 0.717) is 5.57 Å². The highest BCUT2D eigenvalue weighted by Crippen LogP contribution is 2.36. The molecule has 3 heteroatoms. The quantitative estimate of drug-likeness (QED) is 0.749. The number of carbonyl (C=O) groups excluding carboxylic acids is 1. The summed E-state index contributed by atoms with van der Waals surface area (Å²) in [6.45, 7) is 2.03. The van der Waals surface area contributed by atoms with Crippen molar-refractivity contribution in [2.24, 2.45) is 0 Å². The molecular weight excluding hydrogens is 216 g/mol. The van der Waals surface area contributed by atoms with Gasteiger partial charge < -0.3 is 9.47 Å². The lowest BCUT2D eigenvalue weighted by Gasteiger charge is -2.24. The van der Waals surface area contributed by atoms with E-state index in [4.69, 9.17) is 9.47 Å². The molecule has 2 rings (SSSR count). The number of benzene rings is 1. The van der Waals surface area contributed by atoms with Crippen LogP contribution in [-0.2, 0) is 20.1 Å². The Hall–Kier alpha value is -1.61. The van der Waals surface area contributed by atoms with Crippen molar-refractivity contribution in [1.29, 1.82) is 0 Å².